The molecule has 6 heteroatoms. The zero-order valence-corrected chi connectivity index (χ0v) is 10.7. The number of nitrogens with zero attached hydrogens (tertiary/aromatic N) is 1. The minimum atomic E-state index is -0.693. The van der Waals surface area contributed by atoms with E-state index in [1.54, 1.807) is 18.2 Å². The lowest BCUT2D eigenvalue weighted by Gasteiger charge is -2.30. The Morgan fingerprint density at radius 3 is 2.70 bits per heavy atom. The van der Waals surface area contributed by atoms with Crippen LogP contribution >= 0.6 is 0 Å². The van der Waals surface area contributed by atoms with E-state index in [1.165, 1.54) is 4.90 Å². The van der Waals surface area contributed by atoms with Crippen LogP contribution in [0.15, 0.2) is 24.8 Å². The monoisotopic (exact) mass is 271 g/mol. The number of imide groups is 1. The van der Waals surface area contributed by atoms with Gasteiger partial charge in [-0.05, 0) is 18.6 Å². The van der Waals surface area contributed by atoms with Crippen LogP contribution in [0.25, 0.3) is 5.70 Å². The van der Waals surface area contributed by atoms with Crippen molar-refractivity contribution in [3.8, 4) is 0 Å². The Kier molecular flexibility index (Phi) is 2.60. The molecule has 3 rings (SSSR count). The predicted octanol–water partition coefficient (Wildman–Crippen LogP) is 0.501. The molecule has 1 saturated heterocycles. The molecule has 1 aromatic rings. The summed E-state index contributed by atoms with van der Waals surface area (Å²) >= 11 is 0. The number of piperidine rings is 1. The molecule has 6 nitrogen and oxygen atoms in total. The lowest BCUT2D eigenvalue weighted by Crippen LogP contribution is -2.52. The first kappa shape index (κ1) is 12.4. The van der Waals surface area contributed by atoms with Crippen molar-refractivity contribution in [3.05, 3.63) is 35.9 Å². The van der Waals surface area contributed by atoms with Gasteiger partial charge in [0.1, 0.15) is 6.04 Å². The van der Waals surface area contributed by atoms with E-state index in [1.807, 2.05) is 0 Å². The summed E-state index contributed by atoms with van der Waals surface area (Å²) in [7, 11) is 0. The average Bonchev–Trinajstić information content (AvgIpc) is 2.63. The first-order valence-corrected chi connectivity index (χ1v) is 6.25. The SMILES string of the molecule is C=C1c2ccc(N)cc2C(=O)N1C1CCC(=O)NC1=O. The van der Waals surface area contributed by atoms with Gasteiger partial charge >= 0.3 is 0 Å². The molecule has 2 aliphatic heterocycles. The quantitative estimate of drug-likeness (QED) is 0.574. The molecule has 3 amide bonds. The van der Waals surface area contributed by atoms with Crippen molar-refractivity contribution in [1.29, 1.82) is 0 Å². The summed E-state index contributed by atoms with van der Waals surface area (Å²) in [5.41, 5.74) is 7.76. The number of nitrogens with one attached hydrogen (secondary N) is 1. The smallest absolute Gasteiger partial charge is 0.259 e. The summed E-state index contributed by atoms with van der Waals surface area (Å²) in [6.45, 7) is 3.89. The summed E-state index contributed by atoms with van der Waals surface area (Å²) < 4.78 is 0. The van der Waals surface area contributed by atoms with Gasteiger partial charge in [0.25, 0.3) is 5.91 Å². The second kappa shape index (κ2) is 4.19. The first-order valence-electron chi connectivity index (χ1n) is 6.25. The number of anilines is 1. The average molecular weight is 271 g/mol. The summed E-state index contributed by atoms with van der Waals surface area (Å²) in [5, 5.41) is 2.25. The molecule has 0 aromatic heterocycles. The van der Waals surface area contributed by atoms with Gasteiger partial charge in [0, 0.05) is 23.4 Å². The van der Waals surface area contributed by atoms with Crippen molar-refractivity contribution >= 4 is 29.1 Å². The molecular weight excluding hydrogens is 258 g/mol. The maximum Gasteiger partial charge on any atom is 0.259 e. The van der Waals surface area contributed by atoms with Gasteiger partial charge in [0.2, 0.25) is 11.8 Å². The molecule has 0 spiro atoms. The van der Waals surface area contributed by atoms with Gasteiger partial charge in [-0.2, -0.15) is 0 Å². The van der Waals surface area contributed by atoms with Crippen LogP contribution in [0, 0.1) is 0 Å². The van der Waals surface area contributed by atoms with Crippen LogP contribution in [0.1, 0.15) is 28.8 Å². The van der Waals surface area contributed by atoms with Gasteiger partial charge in [-0.3, -0.25) is 24.6 Å². The highest BCUT2D eigenvalue weighted by molar-refractivity contribution is 6.12. The number of nitrogen functional groups attached to an aromatic ring is 1. The van der Waals surface area contributed by atoms with Gasteiger partial charge in [0.15, 0.2) is 0 Å². The number of carbonyl (C=O) groups excluding carboxylic acids is 3. The first-order chi connectivity index (χ1) is 9.49. The zero-order valence-electron chi connectivity index (χ0n) is 10.7. The van der Waals surface area contributed by atoms with E-state index < -0.39 is 11.9 Å². The fourth-order valence-electron chi connectivity index (χ4n) is 2.63. The Morgan fingerprint density at radius 1 is 1.25 bits per heavy atom. The van der Waals surface area contributed by atoms with E-state index in [0.717, 1.165) is 0 Å². The van der Waals surface area contributed by atoms with E-state index in [9.17, 15) is 14.4 Å². The number of benzene rings is 1. The van der Waals surface area contributed by atoms with Crippen molar-refractivity contribution in [1.82, 2.24) is 10.2 Å². The third-order valence-corrected chi connectivity index (χ3v) is 3.62. The zero-order chi connectivity index (χ0) is 14.4. The van der Waals surface area contributed by atoms with E-state index in [4.69, 9.17) is 5.73 Å². The topological polar surface area (TPSA) is 92.5 Å². The molecular formula is C14H13N3O3. The number of rotatable bonds is 1. The van der Waals surface area contributed by atoms with Crippen molar-refractivity contribution in [2.45, 2.75) is 18.9 Å². The molecule has 0 aliphatic carbocycles. The van der Waals surface area contributed by atoms with E-state index in [0.29, 0.717) is 28.9 Å². The van der Waals surface area contributed by atoms with Crippen LogP contribution in [-0.4, -0.2) is 28.7 Å². The number of fused-ring (bicyclic) bond motifs is 1. The van der Waals surface area contributed by atoms with Crippen LogP contribution < -0.4 is 11.1 Å². The molecule has 1 atom stereocenters. The molecule has 0 radical (unpaired) electrons. The maximum absolute atomic E-state index is 12.4. The Hall–Kier alpha value is -2.63. The molecule has 102 valence electrons. The fraction of sp³-hybridized carbons (Fsp3) is 0.214. The van der Waals surface area contributed by atoms with E-state index in [-0.39, 0.29) is 18.2 Å². The Bertz CT molecular complexity index is 666. The summed E-state index contributed by atoms with van der Waals surface area (Å²) in [6, 6.07) is 4.29. The molecule has 2 heterocycles. The molecule has 2 aliphatic rings. The van der Waals surface area contributed by atoms with E-state index in [2.05, 4.69) is 11.9 Å². The van der Waals surface area contributed by atoms with E-state index >= 15 is 0 Å². The highest BCUT2D eigenvalue weighted by Crippen LogP contribution is 2.35. The van der Waals surface area contributed by atoms with Gasteiger partial charge in [-0.15, -0.1) is 0 Å². The van der Waals surface area contributed by atoms with Crippen LogP contribution in [0.5, 0.6) is 0 Å². The molecule has 1 aromatic carbocycles. The fourth-order valence-corrected chi connectivity index (χ4v) is 2.63. The number of amides is 3. The number of nitrogens with two attached hydrogens (primary N) is 1. The number of hydrogen-bond donors (Lipinski definition) is 2. The molecule has 0 bridgehead atoms. The number of hydrogen-bond acceptors (Lipinski definition) is 4. The molecule has 1 unspecified atom stereocenters. The third-order valence-electron chi connectivity index (χ3n) is 3.62. The standard InChI is InChI=1S/C14H13N3O3/c1-7-9-3-2-8(15)6-10(9)14(20)17(7)11-4-5-12(18)16-13(11)19/h2-3,6,11H,1,4-5,15H2,(H,16,18,19). The second-order valence-electron chi connectivity index (χ2n) is 4.89. The Balaban J connectivity index is 1.97. The highest BCUT2D eigenvalue weighted by Gasteiger charge is 2.41. The van der Waals surface area contributed by atoms with Crippen molar-refractivity contribution in [3.63, 3.8) is 0 Å². The van der Waals surface area contributed by atoms with Crippen LogP contribution in [0.3, 0.4) is 0 Å². The van der Waals surface area contributed by atoms with Crippen molar-refractivity contribution in [2.75, 3.05) is 5.73 Å². The lowest BCUT2D eigenvalue weighted by molar-refractivity contribution is -0.136. The number of carbonyl (C=O) groups is 3. The molecule has 1 fully saturated rings. The third kappa shape index (κ3) is 1.69. The molecule has 3 N–H and O–H groups in total. The summed E-state index contributed by atoms with van der Waals surface area (Å²) in [6.07, 6.45) is 0.519. The minimum absolute atomic E-state index is 0.214. The van der Waals surface area contributed by atoms with Crippen LogP contribution in [0.4, 0.5) is 5.69 Å². The van der Waals surface area contributed by atoms with Crippen LogP contribution in [-0.2, 0) is 9.59 Å². The molecule has 0 saturated carbocycles. The van der Waals surface area contributed by atoms with Crippen LogP contribution in [0.2, 0.25) is 0 Å². The maximum atomic E-state index is 12.4. The normalized spacial score (nSPS) is 22.0. The van der Waals surface area contributed by atoms with Gasteiger partial charge in [-0.1, -0.05) is 12.6 Å². The van der Waals surface area contributed by atoms with Gasteiger partial charge in [-0.25, -0.2) is 0 Å². The predicted molar refractivity (Wildman–Crippen MR) is 72.2 cm³/mol. The lowest BCUT2D eigenvalue weighted by atomic mass is 10.0. The van der Waals surface area contributed by atoms with Gasteiger partial charge in [0.05, 0.1) is 5.56 Å². The minimum Gasteiger partial charge on any atom is -0.399 e. The largest absolute Gasteiger partial charge is 0.399 e. The Morgan fingerprint density at radius 2 is 2.00 bits per heavy atom. The van der Waals surface area contributed by atoms with Crippen molar-refractivity contribution < 1.29 is 14.4 Å². The summed E-state index contributed by atoms with van der Waals surface area (Å²) in [5.74, 6) is -1.08. The summed E-state index contributed by atoms with van der Waals surface area (Å²) in [4.78, 5) is 36.9. The molecule has 20 heavy (non-hydrogen) atoms. The highest BCUT2D eigenvalue weighted by atomic mass is 16.2. The van der Waals surface area contributed by atoms with Gasteiger partial charge < -0.3 is 5.73 Å². The van der Waals surface area contributed by atoms with Crippen molar-refractivity contribution in [2.24, 2.45) is 0 Å². The Labute approximate surface area is 115 Å². The second-order valence-corrected chi connectivity index (χ2v) is 4.89.